The Bertz CT molecular complexity index is 1680. The van der Waals surface area contributed by atoms with E-state index < -0.39 is 97.5 Å². The van der Waals surface area contributed by atoms with Crippen LogP contribution in [0.1, 0.15) is 337 Å². The summed E-state index contributed by atoms with van der Waals surface area (Å²) in [4.78, 5) is 72.3. The van der Waals surface area contributed by atoms with Gasteiger partial charge >= 0.3 is 39.5 Å². The van der Waals surface area contributed by atoms with E-state index in [-0.39, 0.29) is 25.7 Å². The number of aliphatic hydroxyl groups is 1. The molecule has 0 fully saturated rings. The van der Waals surface area contributed by atoms with E-state index in [0.717, 1.165) is 115 Å². The Morgan fingerprint density at radius 3 is 0.791 bits per heavy atom. The molecular formula is C67H130O17P2. The minimum absolute atomic E-state index is 0.104. The fourth-order valence-electron chi connectivity index (χ4n) is 10.1. The lowest BCUT2D eigenvalue weighted by atomic mass is 10.0. The van der Waals surface area contributed by atoms with Crippen molar-refractivity contribution >= 4 is 39.5 Å². The molecule has 0 heterocycles. The molecule has 0 bridgehead atoms. The maximum absolute atomic E-state index is 13.0. The highest BCUT2D eigenvalue weighted by Gasteiger charge is 2.30. The lowest BCUT2D eigenvalue weighted by Gasteiger charge is -2.21. The molecule has 0 rings (SSSR count). The predicted octanol–water partition coefficient (Wildman–Crippen LogP) is 18.8. The molecule has 0 saturated carbocycles. The topological polar surface area (TPSA) is 237 Å². The van der Waals surface area contributed by atoms with Crippen LogP contribution < -0.4 is 0 Å². The molecule has 5 atom stereocenters. The summed E-state index contributed by atoms with van der Waals surface area (Å²) in [5, 5.41) is 10.5. The van der Waals surface area contributed by atoms with E-state index in [4.69, 9.17) is 37.0 Å². The summed E-state index contributed by atoms with van der Waals surface area (Å²) in [7, 11) is -9.89. The first-order valence-electron chi connectivity index (χ1n) is 35.0. The van der Waals surface area contributed by atoms with Crippen molar-refractivity contribution in [3.63, 3.8) is 0 Å². The van der Waals surface area contributed by atoms with Gasteiger partial charge in [-0.1, -0.05) is 286 Å². The van der Waals surface area contributed by atoms with E-state index >= 15 is 0 Å². The van der Waals surface area contributed by atoms with Crippen molar-refractivity contribution in [3.05, 3.63) is 0 Å². The van der Waals surface area contributed by atoms with Gasteiger partial charge in [-0.25, -0.2) is 9.13 Å². The highest BCUT2D eigenvalue weighted by atomic mass is 31.2. The summed E-state index contributed by atoms with van der Waals surface area (Å²) in [5.41, 5.74) is 0. The van der Waals surface area contributed by atoms with Crippen LogP contribution in [0.25, 0.3) is 0 Å². The first-order valence-corrected chi connectivity index (χ1v) is 38.0. The van der Waals surface area contributed by atoms with Crippen LogP contribution in [-0.2, 0) is 65.4 Å². The number of esters is 4. The molecule has 0 amide bonds. The number of ether oxygens (including phenoxy) is 4. The van der Waals surface area contributed by atoms with Crippen LogP contribution in [-0.4, -0.2) is 96.7 Å². The molecular weight excluding hydrogens is 1140 g/mol. The third-order valence-corrected chi connectivity index (χ3v) is 17.4. The Morgan fingerprint density at radius 1 is 0.314 bits per heavy atom. The largest absolute Gasteiger partial charge is 0.472 e. The van der Waals surface area contributed by atoms with Crippen LogP contribution in [0.4, 0.5) is 0 Å². The molecule has 0 radical (unpaired) electrons. The summed E-state index contributed by atoms with van der Waals surface area (Å²) in [5.74, 6) is -0.628. The smallest absolute Gasteiger partial charge is 0.462 e. The standard InChI is InChI=1S/C67H130O17P2/c1-7-9-11-13-15-16-17-22-25-32-38-44-50-65(70)78-56-63(83-66(71)51-45-39-33-26-23-20-18-19-21-24-30-35-41-47-59(3)4)58-82-86(75,76)80-54-61(68)53-79-85(73,74)81-57-62(55-77-64(69)49-43-37-29-14-12-10-8-2)84-67(72)52-46-40-34-28-27-31-36-42-48-60(5)6/h59-63,68H,7-58H2,1-6H3,(H,73,74)(H,75,76)/t61-,62+,63+/m0/s1. The van der Waals surface area contributed by atoms with Crippen LogP contribution in [0.15, 0.2) is 0 Å². The van der Waals surface area contributed by atoms with Crippen molar-refractivity contribution in [2.45, 2.75) is 355 Å². The molecule has 17 nitrogen and oxygen atoms in total. The van der Waals surface area contributed by atoms with Crippen LogP contribution in [0.5, 0.6) is 0 Å². The molecule has 0 aromatic heterocycles. The van der Waals surface area contributed by atoms with Gasteiger partial charge in [0.25, 0.3) is 0 Å². The van der Waals surface area contributed by atoms with Crippen molar-refractivity contribution in [3.8, 4) is 0 Å². The number of hydrogen-bond acceptors (Lipinski definition) is 15. The number of aliphatic hydroxyl groups excluding tert-OH is 1. The molecule has 0 saturated heterocycles. The van der Waals surface area contributed by atoms with E-state index in [1.807, 2.05) is 0 Å². The lowest BCUT2D eigenvalue weighted by molar-refractivity contribution is -0.161. The average molecular weight is 1270 g/mol. The predicted molar refractivity (Wildman–Crippen MR) is 345 cm³/mol. The third kappa shape index (κ3) is 60.9. The maximum atomic E-state index is 13.0. The molecule has 0 aliphatic rings. The summed E-state index contributed by atoms with van der Waals surface area (Å²) in [6, 6.07) is 0. The van der Waals surface area contributed by atoms with Crippen LogP contribution >= 0.6 is 15.6 Å². The van der Waals surface area contributed by atoms with Gasteiger partial charge in [0.2, 0.25) is 0 Å². The second kappa shape index (κ2) is 59.4. The highest BCUT2D eigenvalue weighted by molar-refractivity contribution is 7.47. The number of hydrogen-bond donors (Lipinski definition) is 3. The zero-order valence-electron chi connectivity index (χ0n) is 55.6. The average Bonchev–Trinajstić information content (AvgIpc) is 3.61. The SMILES string of the molecule is CCCCCCCCCCCCCCC(=O)OC[C@H](COP(=O)(O)OC[C@@H](O)COP(=O)(O)OC[C@@H](COC(=O)CCCCCCCCC)OC(=O)CCCCCCCCCCC(C)C)OC(=O)CCCCCCCCCCCCCCCC(C)C. The lowest BCUT2D eigenvalue weighted by Crippen LogP contribution is -2.30. The first-order chi connectivity index (χ1) is 41.4. The van der Waals surface area contributed by atoms with Gasteiger partial charge in [-0.15, -0.1) is 0 Å². The number of phosphoric acid groups is 2. The van der Waals surface area contributed by atoms with Gasteiger partial charge in [0.1, 0.15) is 19.3 Å². The zero-order chi connectivity index (χ0) is 63.6. The van der Waals surface area contributed by atoms with Crippen molar-refractivity contribution in [1.82, 2.24) is 0 Å². The fourth-order valence-corrected chi connectivity index (χ4v) is 11.6. The summed E-state index contributed by atoms with van der Waals surface area (Å²) in [6.07, 6.45) is 43.1. The van der Waals surface area contributed by atoms with Gasteiger partial charge in [0, 0.05) is 25.7 Å². The van der Waals surface area contributed by atoms with Gasteiger partial charge in [-0.05, 0) is 37.5 Å². The molecule has 0 aromatic carbocycles. The molecule has 510 valence electrons. The molecule has 19 heteroatoms. The number of rotatable bonds is 66. The Hall–Kier alpha value is -1.94. The van der Waals surface area contributed by atoms with Crippen molar-refractivity contribution < 1.29 is 80.2 Å². The fraction of sp³-hybridized carbons (Fsp3) is 0.940. The summed E-state index contributed by atoms with van der Waals surface area (Å²) in [6.45, 7) is 9.46. The Kier molecular flexibility index (Phi) is 58.0. The molecule has 2 unspecified atom stereocenters. The van der Waals surface area contributed by atoms with E-state index in [9.17, 15) is 43.2 Å². The Balaban J connectivity index is 5.21. The van der Waals surface area contributed by atoms with E-state index in [1.165, 1.54) is 141 Å². The van der Waals surface area contributed by atoms with Gasteiger partial charge < -0.3 is 33.8 Å². The zero-order valence-corrected chi connectivity index (χ0v) is 57.4. The molecule has 0 aliphatic heterocycles. The van der Waals surface area contributed by atoms with Crippen LogP contribution in [0.3, 0.4) is 0 Å². The number of carbonyl (C=O) groups excluding carboxylic acids is 4. The van der Waals surface area contributed by atoms with Crippen molar-refractivity contribution in [2.75, 3.05) is 39.6 Å². The summed E-state index contributed by atoms with van der Waals surface area (Å²) < 4.78 is 68.1. The van der Waals surface area contributed by atoms with Gasteiger partial charge in [-0.2, -0.15) is 0 Å². The number of phosphoric ester groups is 2. The second-order valence-electron chi connectivity index (χ2n) is 25.2. The number of unbranched alkanes of at least 4 members (excludes halogenated alkanes) is 36. The first kappa shape index (κ1) is 84.1. The maximum Gasteiger partial charge on any atom is 0.472 e. The van der Waals surface area contributed by atoms with E-state index in [2.05, 4.69) is 41.5 Å². The number of carbonyl (C=O) groups is 4. The molecule has 0 spiro atoms. The highest BCUT2D eigenvalue weighted by Crippen LogP contribution is 2.45. The van der Waals surface area contributed by atoms with Crippen LogP contribution in [0, 0.1) is 11.8 Å². The third-order valence-electron chi connectivity index (χ3n) is 15.5. The molecule has 0 aliphatic carbocycles. The van der Waals surface area contributed by atoms with Crippen molar-refractivity contribution in [2.24, 2.45) is 11.8 Å². The normalized spacial score (nSPS) is 14.2. The second-order valence-corrected chi connectivity index (χ2v) is 28.1. The molecule has 86 heavy (non-hydrogen) atoms. The van der Waals surface area contributed by atoms with E-state index in [1.54, 1.807) is 0 Å². The van der Waals surface area contributed by atoms with Gasteiger partial charge in [0.05, 0.1) is 26.4 Å². The molecule has 0 aromatic rings. The minimum Gasteiger partial charge on any atom is -0.462 e. The quantitative estimate of drug-likeness (QED) is 0.0222. The van der Waals surface area contributed by atoms with Crippen LogP contribution in [0.2, 0.25) is 0 Å². The Labute approximate surface area is 524 Å². The van der Waals surface area contributed by atoms with Gasteiger partial charge in [0.15, 0.2) is 12.2 Å². The molecule has 3 N–H and O–H groups in total. The monoisotopic (exact) mass is 1270 g/mol. The van der Waals surface area contributed by atoms with Gasteiger partial charge in [-0.3, -0.25) is 37.3 Å². The minimum atomic E-state index is -4.95. The Morgan fingerprint density at radius 2 is 0.535 bits per heavy atom. The van der Waals surface area contributed by atoms with Crippen molar-refractivity contribution in [1.29, 1.82) is 0 Å². The van der Waals surface area contributed by atoms with E-state index in [0.29, 0.717) is 25.7 Å². The summed E-state index contributed by atoms with van der Waals surface area (Å²) >= 11 is 0.